The molecular formula is C46H77N9O3S. The first-order valence-electron chi connectivity index (χ1n) is 24.3. The van der Waals surface area contributed by atoms with Gasteiger partial charge in [0.1, 0.15) is 6.04 Å². The normalized spacial score (nSPS) is 46.8. The molecule has 59 heavy (non-hydrogen) atoms. The minimum atomic E-state index is -0.178. The third-order valence-corrected chi connectivity index (χ3v) is 19.3. The van der Waals surface area contributed by atoms with Crippen LogP contribution in [0.1, 0.15) is 143 Å². The summed E-state index contributed by atoms with van der Waals surface area (Å²) in [6.45, 7) is 11.9. The van der Waals surface area contributed by atoms with Crippen LogP contribution in [-0.4, -0.2) is 107 Å². The summed E-state index contributed by atoms with van der Waals surface area (Å²) < 4.78 is 12.1. The topological polar surface area (TPSA) is 138 Å². The molecule has 13 atom stereocenters. The van der Waals surface area contributed by atoms with Crippen LogP contribution in [0, 0.1) is 52.3 Å². The molecule has 12 nitrogen and oxygen atoms in total. The van der Waals surface area contributed by atoms with Gasteiger partial charge in [-0.1, -0.05) is 13.8 Å². The minimum absolute atomic E-state index is 0.0218. The van der Waals surface area contributed by atoms with Crippen LogP contribution in [0.15, 0.2) is 4.99 Å². The maximum Gasteiger partial charge on any atom is 0.238 e. The number of methoxy groups -OCH3 is 1. The average molecular weight is 836 g/mol. The van der Waals surface area contributed by atoms with E-state index >= 15 is 0 Å². The molecule has 1 amide bonds. The van der Waals surface area contributed by atoms with Crippen molar-refractivity contribution >= 4 is 23.4 Å². The molecule has 0 radical (unpaired) electrons. The lowest BCUT2D eigenvalue weighted by atomic mass is 9.69. The summed E-state index contributed by atoms with van der Waals surface area (Å²) in [4.78, 5) is 24.3. The van der Waals surface area contributed by atoms with Crippen LogP contribution in [0.5, 0.6) is 0 Å². The van der Waals surface area contributed by atoms with Gasteiger partial charge in [-0.2, -0.15) is 5.26 Å². The van der Waals surface area contributed by atoms with E-state index in [1.807, 2.05) is 0 Å². The molecule has 0 aromatic rings. The Morgan fingerprint density at radius 2 is 1.63 bits per heavy atom. The predicted octanol–water partition coefficient (Wildman–Crippen LogP) is 6.05. The highest BCUT2D eigenvalue weighted by atomic mass is 32.2. The van der Waals surface area contributed by atoms with Crippen molar-refractivity contribution in [3.05, 3.63) is 0 Å². The highest BCUT2D eigenvalue weighted by Gasteiger charge is 2.54. The van der Waals surface area contributed by atoms with Crippen LogP contribution in [0.4, 0.5) is 0 Å². The monoisotopic (exact) mass is 836 g/mol. The van der Waals surface area contributed by atoms with E-state index in [0.29, 0.717) is 46.1 Å². The lowest BCUT2D eigenvalue weighted by molar-refractivity contribution is -0.126. The van der Waals surface area contributed by atoms with Crippen LogP contribution >= 0.6 is 11.8 Å². The molecule has 12 unspecified atom stereocenters. The van der Waals surface area contributed by atoms with E-state index in [4.69, 9.17) is 14.5 Å². The first kappa shape index (κ1) is 42.9. The number of hydrazine groups is 2. The molecular weight excluding hydrogens is 759 g/mol. The van der Waals surface area contributed by atoms with E-state index in [-0.39, 0.29) is 54.4 Å². The second-order valence-electron chi connectivity index (χ2n) is 20.9. The Balaban J connectivity index is 0.684. The van der Waals surface area contributed by atoms with Crippen molar-refractivity contribution in [3.63, 3.8) is 0 Å². The van der Waals surface area contributed by atoms with Crippen molar-refractivity contribution in [2.75, 3.05) is 20.2 Å². The zero-order valence-electron chi connectivity index (χ0n) is 36.9. The van der Waals surface area contributed by atoms with Crippen molar-refractivity contribution in [2.45, 2.75) is 209 Å². The van der Waals surface area contributed by atoms with Gasteiger partial charge >= 0.3 is 0 Å². The van der Waals surface area contributed by atoms with Crippen molar-refractivity contribution in [1.82, 2.24) is 36.8 Å². The zero-order chi connectivity index (χ0) is 40.8. The molecule has 9 aliphatic rings. The Labute approximate surface area is 359 Å². The molecule has 9 rings (SSSR count). The number of ether oxygens (including phenoxy) is 2. The molecule has 1 spiro atoms. The molecule has 0 bridgehead atoms. The van der Waals surface area contributed by atoms with Crippen molar-refractivity contribution in [3.8, 4) is 6.07 Å². The fourth-order valence-electron chi connectivity index (χ4n) is 13.7. The number of nitrogens with zero attached hydrogens (tertiary/aromatic N) is 4. The van der Waals surface area contributed by atoms with E-state index in [9.17, 15) is 10.1 Å². The second-order valence-corrected chi connectivity index (χ2v) is 22.4. The molecule has 5 aliphatic heterocycles. The van der Waals surface area contributed by atoms with E-state index in [0.717, 1.165) is 69.6 Å². The van der Waals surface area contributed by atoms with Gasteiger partial charge in [0.2, 0.25) is 5.91 Å². The Morgan fingerprint density at radius 1 is 0.864 bits per heavy atom. The number of piperidine rings is 1. The van der Waals surface area contributed by atoms with E-state index in [1.54, 1.807) is 12.8 Å². The average Bonchev–Trinajstić information content (AvgIpc) is 3.92. The molecule has 8 fully saturated rings. The van der Waals surface area contributed by atoms with Gasteiger partial charge in [0.05, 0.1) is 60.2 Å². The van der Waals surface area contributed by atoms with E-state index < -0.39 is 0 Å². The summed E-state index contributed by atoms with van der Waals surface area (Å²) in [5.41, 5.74) is 16.3. The molecule has 4 aliphatic carbocycles. The maximum atomic E-state index is 13.3. The Kier molecular flexibility index (Phi) is 13.4. The van der Waals surface area contributed by atoms with Gasteiger partial charge in [-0.15, -0.1) is 11.8 Å². The third kappa shape index (κ3) is 8.93. The van der Waals surface area contributed by atoms with Crippen molar-refractivity contribution < 1.29 is 14.3 Å². The number of carbonyl (C=O) groups is 1. The summed E-state index contributed by atoms with van der Waals surface area (Å²) in [6, 6.07) is 2.71. The van der Waals surface area contributed by atoms with Gasteiger partial charge < -0.3 is 14.8 Å². The van der Waals surface area contributed by atoms with Crippen LogP contribution in [0.2, 0.25) is 0 Å². The lowest BCUT2D eigenvalue weighted by Gasteiger charge is -2.45. The van der Waals surface area contributed by atoms with Gasteiger partial charge in [-0.3, -0.25) is 19.6 Å². The Morgan fingerprint density at radius 3 is 2.34 bits per heavy atom. The van der Waals surface area contributed by atoms with Gasteiger partial charge in [0, 0.05) is 49.5 Å². The molecule has 5 N–H and O–H groups in total. The van der Waals surface area contributed by atoms with Gasteiger partial charge in [0.25, 0.3) is 0 Å². The van der Waals surface area contributed by atoms with E-state index in [2.05, 4.69) is 82.3 Å². The minimum Gasteiger partial charge on any atom is -0.380 e. The second kappa shape index (κ2) is 18.4. The quantitative estimate of drug-likeness (QED) is 0.196. The number of likely N-dealkylation sites (tertiary alicyclic amines) is 1. The number of fused-ring (bicyclic) bond motifs is 3. The number of amides is 1. The number of aliphatic imine (C=N–C) groups is 1. The third-order valence-electron chi connectivity index (χ3n) is 17.6. The first-order chi connectivity index (χ1) is 28.6. The molecule has 13 heteroatoms. The number of nitrogens with one attached hydrogen (secondary N) is 5. The molecule has 4 saturated carbocycles. The fourth-order valence-corrected chi connectivity index (χ4v) is 15.6. The van der Waals surface area contributed by atoms with Crippen molar-refractivity contribution in [1.29, 1.82) is 5.26 Å². The summed E-state index contributed by atoms with van der Waals surface area (Å²) in [7, 11) is 1.70. The smallest absolute Gasteiger partial charge is 0.238 e. The number of carbonyl (C=O) groups excluding carboxylic acids is 1. The van der Waals surface area contributed by atoms with Crippen LogP contribution < -0.4 is 27.0 Å². The summed E-state index contributed by atoms with van der Waals surface area (Å²) >= 11 is 2.20. The van der Waals surface area contributed by atoms with Crippen LogP contribution in [0.3, 0.4) is 0 Å². The fraction of sp³-hybridized carbons (Fsp3) is 0.935. The van der Waals surface area contributed by atoms with Gasteiger partial charge in [-0.25, -0.2) is 21.7 Å². The van der Waals surface area contributed by atoms with Gasteiger partial charge in [-0.05, 0) is 152 Å². The molecule has 4 saturated heterocycles. The van der Waals surface area contributed by atoms with Crippen molar-refractivity contribution in [2.24, 2.45) is 45.9 Å². The number of hydrogen-bond acceptors (Lipinski definition) is 12. The molecule has 5 heterocycles. The first-order valence-corrected chi connectivity index (χ1v) is 25.2. The van der Waals surface area contributed by atoms with Crippen LogP contribution in [-0.2, 0) is 14.3 Å². The molecule has 0 aromatic heterocycles. The predicted molar refractivity (Wildman–Crippen MR) is 234 cm³/mol. The SMILES string of the molecule is COC1CC(OC2CCC(NC(=O)C3CCC(N4CCC5(CCC(C6CCC(C7=N[C@@H](C)C8NNC(C)N8C8SC(C)C(C)C78)CC6)C5)CC4)NN3)CC2)CCC1C#N. The maximum absolute atomic E-state index is 13.3. The largest absolute Gasteiger partial charge is 0.380 e. The Hall–Kier alpha value is -1.34. The standard InChI is InChI=1S/C46H77N9O3S/c1-27-29(3)59-45-41(27)42(48-28(2)43-53-50-30(4)55(43)45)32-8-6-31(7-9-32)33-18-19-46(25-33)20-22-54(23-21-46)40-17-16-38(51-52-40)44(56)49-35-11-14-36(15-12-35)58-37-13-10-34(26-47)39(24-37)57-5/h27-41,43,45,50-53H,6-25H2,1-5H3,(H,49,56)/t27?,28-,29?,30?,31?,32?,33?,34?,35?,36?,37?,38?,39?,40?,41?,43?,45?/m0/s1. The lowest BCUT2D eigenvalue weighted by Crippen LogP contribution is -2.63. The summed E-state index contributed by atoms with van der Waals surface area (Å²) in [5.74, 6) is 3.81. The zero-order valence-corrected chi connectivity index (χ0v) is 37.7. The summed E-state index contributed by atoms with van der Waals surface area (Å²) in [5, 5.41) is 14.0. The molecule has 0 aromatic carbocycles. The number of thioether (sulfide) groups is 1. The summed E-state index contributed by atoms with van der Waals surface area (Å²) in [6.07, 6.45) is 22.1. The van der Waals surface area contributed by atoms with E-state index in [1.165, 1.54) is 70.9 Å². The molecule has 330 valence electrons. The number of rotatable bonds is 8. The number of nitriles is 1. The highest BCUT2D eigenvalue weighted by Crippen LogP contribution is 2.55. The van der Waals surface area contributed by atoms with Crippen LogP contribution in [0.25, 0.3) is 0 Å². The Bertz CT molecular complexity index is 1510. The van der Waals surface area contributed by atoms with Gasteiger partial charge in [0.15, 0.2) is 0 Å². The highest BCUT2D eigenvalue weighted by molar-refractivity contribution is 8.00. The number of hydrogen-bond donors (Lipinski definition) is 5.